The molecule has 3 N–H and O–H groups in total. The van der Waals surface area contributed by atoms with Crippen LogP contribution in [0.2, 0.25) is 10.0 Å². The molecule has 0 bridgehead atoms. The Morgan fingerprint density at radius 1 is 1.41 bits per heavy atom. The van der Waals surface area contributed by atoms with Crippen molar-refractivity contribution in [2.45, 2.75) is 25.8 Å². The van der Waals surface area contributed by atoms with Gasteiger partial charge in [0.1, 0.15) is 0 Å². The van der Waals surface area contributed by atoms with Crippen molar-refractivity contribution in [1.29, 1.82) is 0 Å². The fourth-order valence-corrected chi connectivity index (χ4v) is 3.14. The Balaban J connectivity index is 0.00000242. The Morgan fingerprint density at radius 2 is 2.05 bits per heavy atom. The maximum absolute atomic E-state index is 12.6. The van der Waals surface area contributed by atoms with Crippen LogP contribution in [-0.2, 0) is 9.53 Å². The van der Waals surface area contributed by atoms with E-state index in [0.717, 1.165) is 5.56 Å². The molecule has 1 unspecified atom stereocenters. The molecule has 0 saturated carbocycles. The van der Waals surface area contributed by atoms with E-state index < -0.39 is 5.41 Å². The minimum absolute atomic E-state index is 0. The third kappa shape index (κ3) is 4.27. The molecule has 1 aliphatic heterocycles. The Labute approximate surface area is 147 Å². The fraction of sp³-hybridized carbons (Fsp3) is 0.533. The SMILES string of the molecule is CC(NC(=O)C1(CN)CCOCC1)c1ccc(Cl)cc1Cl.Cl. The number of rotatable bonds is 4. The van der Waals surface area contributed by atoms with Crippen LogP contribution >= 0.6 is 35.6 Å². The average Bonchev–Trinajstić information content (AvgIpc) is 2.47. The third-order valence-electron chi connectivity index (χ3n) is 4.10. The van der Waals surface area contributed by atoms with E-state index in [2.05, 4.69) is 5.32 Å². The van der Waals surface area contributed by atoms with Gasteiger partial charge in [-0.05, 0) is 37.5 Å². The summed E-state index contributed by atoms with van der Waals surface area (Å²) in [4.78, 5) is 12.6. The summed E-state index contributed by atoms with van der Waals surface area (Å²) in [7, 11) is 0. The molecule has 124 valence electrons. The molecule has 1 heterocycles. The summed E-state index contributed by atoms with van der Waals surface area (Å²) in [5.41, 5.74) is 6.15. The molecule has 2 rings (SSSR count). The largest absolute Gasteiger partial charge is 0.381 e. The number of hydrogen-bond donors (Lipinski definition) is 2. The first-order valence-corrected chi connectivity index (χ1v) is 7.78. The van der Waals surface area contributed by atoms with Crippen molar-refractivity contribution < 1.29 is 9.53 Å². The van der Waals surface area contributed by atoms with Crippen molar-refractivity contribution in [2.75, 3.05) is 19.8 Å². The van der Waals surface area contributed by atoms with E-state index in [0.29, 0.717) is 42.6 Å². The highest BCUT2D eigenvalue weighted by molar-refractivity contribution is 6.35. The Hall–Kier alpha value is -0.520. The lowest BCUT2D eigenvalue weighted by Gasteiger charge is -2.35. The van der Waals surface area contributed by atoms with Gasteiger partial charge in [0.05, 0.1) is 11.5 Å². The minimum Gasteiger partial charge on any atom is -0.381 e. The predicted molar refractivity (Wildman–Crippen MR) is 91.8 cm³/mol. The Kier molecular flexibility index (Phi) is 7.42. The van der Waals surface area contributed by atoms with Gasteiger partial charge in [-0.1, -0.05) is 29.3 Å². The zero-order valence-electron chi connectivity index (χ0n) is 12.4. The van der Waals surface area contributed by atoms with Crippen molar-refractivity contribution in [3.05, 3.63) is 33.8 Å². The van der Waals surface area contributed by atoms with Crippen LogP contribution in [0.3, 0.4) is 0 Å². The number of carbonyl (C=O) groups is 1. The van der Waals surface area contributed by atoms with E-state index in [1.807, 2.05) is 13.0 Å². The van der Waals surface area contributed by atoms with Gasteiger partial charge < -0.3 is 15.8 Å². The molecule has 4 nitrogen and oxygen atoms in total. The molecule has 0 spiro atoms. The summed E-state index contributed by atoms with van der Waals surface area (Å²) in [6, 6.07) is 5.06. The lowest BCUT2D eigenvalue weighted by molar-refractivity contribution is -0.136. The van der Waals surface area contributed by atoms with E-state index in [-0.39, 0.29) is 24.4 Å². The van der Waals surface area contributed by atoms with Gasteiger partial charge in [0, 0.05) is 29.8 Å². The molecular formula is C15H21Cl3N2O2. The van der Waals surface area contributed by atoms with E-state index in [9.17, 15) is 4.79 Å². The summed E-state index contributed by atoms with van der Waals surface area (Å²) in [5, 5.41) is 4.14. The molecule has 1 aliphatic rings. The Bertz CT molecular complexity index is 520. The molecule has 1 aromatic rings. The maximum Gasteiger partial charge on any atom is 0.228 e. The number of benzene rings is 1. The number of carbonyl (C=O) groups excluding carboxylic acids is 1. The van der Waals surface area contributed by atoms with Gasteiger partial charge in [-0.25, -0.2) is 0 Å². The first kappa shape index (κ1) is 19.5. The third-order valence-corrected chi connectivity index (χ3v) is 4.66. The lowest BCUT2D eigenvalue weighted by atomic mass is 9.79. The maximum atomic E-state index is 12.6. The zero-order chi connectivity index (χ0) is 15.5. The van der Waals surface area contributed by atoms with Gasteiger partial charge in [0.2, 0.25) is 5.91 Å². The van der Waals surface area contributed by atoms with E-state index >= 15 is 0 Å². The van der Waals surface area contributed by atoms with Gasteiger partial charge in [-0.3, -0.25) is 4.79 Å². The van der Waals surface area contributed by atoms with Gasteiger partial charge in [0.25, 0.3) is 0 Å². The van der Waals surface area contributed by atoms with Crippen LogP contribution < -0.4 is 11.1 Å². The highest BCUT2D eigenvalue weighted by atomic mass is 35.5. The fourth-order valence-electron chi connectivity index (χ4n) is 2.57. The number of amides is 1. The van der Waals surface area contributed by atoms with Crippen molar-refractivity contribution in [3.8, 4) is 0 Å². The molecule has 0 aliphatic carbocycles. The number of halogens is 3. The van der Waals surface area contributed by atoms with Crippen LogP contribution in [0.25, 0.3) is 0 Å². The second-order valence-corrected chi connectivity index (χ2v) is 6.30. The normalized spacial score (nSPS) is 18.2. The second kappa shape index (κ2) is 8.37. The summed E-state index contributed by atoms with van der Waals surface area (Å²) in [6.45, 7) is 3.36. The van der Waals surface area contributed by atoms with E-state index in [4.69, 9.17) is 33.7 Å². The summed E-state index contributed by atoms with van der Waals surface area (Å²) in [5.74, 6) is -0.0354. The molecule has 22 heavy (non-hydrogen) atoms. The van der Waals surface area contributed by atoms with Gasteiger partial charge in [-0.2, -0.15) is 0 Å². The molecule has 1 atom stereocenters. The van der Waals surface area contributed by atoms with Gasteiger partial charge in [0.15, 0.2) is 0 Å². The summed E-state index contributed by atoms with van der Waals surface area (Å²) in [6.07, 6.45) is 1.30. The van der Waals surface area contributed by atoms with Gasteiger partial charge in [-0.15, -0.1) is 12.4 Å². The molecular weight excluding hydrogens is 347 g/mol. The van der Waals surface area contributed by atoms with Crippen LogP contribution in [0.5, 0.6) is 0 Å². The van der Waals surface area contributed by atoms with Crippen LogP contribution in [0.4, 0.5) is 0 Å². The van der Waals surface area contributed by atoms with Crippen molar-refractivity contribution in [2.24, 2.45) is 11.1 Å². The highest BCUT2D eigenvalue weighted by Crippen LogP contribution is 2.32. The lowest BCUT2D eigenvalue weighted by Crippen LogP contribution is -2.49. The smallest absolute Gasteiger partial charge is 0.228 e. The molecule has 1 amide bonds. The molecule has 0 radical (unpaired) electrons. The monoisotopic (exact) mass is 366 g/mol. The quantitative estimate of drug-likeness (QED) is 0.857. The van der Waals surface area contributed by atoms with Crippen molar-refractivity contribution >= 4 is 41.5 Å². The van der Waals surface area contributed by atoms with Crippen LogP contribution in [0.1, 0.15) is 31.4 Å². The number of nitrogens with two attached hydrogens (primary N) is 1. The zero-order valence-corrected chi connectivity index (χ0v) is 14.7. The summed E-state index contributed by atoms with van der Waals surface area (Å²) < 4.78 is 5.33. The van der Waals surface area contributed by atoms with E-state index in [1.54, 1.807) is 12.1 Å². The molecule has 0 aromatic heterocycles. The molecule has 1 fully saturated rings. The van der Waals surface area contributed by atoms with E-state index in [1.165, 1.54) is 0 Å². The average molecular weight is 368 g/mol. The highest BCUT2D eigenvalue weighted by Gasteiger charge is 2.39. The molecule has 1 saturated heterocycles. The summed E-state index contributed by atoms with van der Waals surface area (Å²) >= 11 is 12.1. The van der Waals surface area contributed by atoms with Crippen LogP contribution in [0.15, 0.2) is 18.2 Å². The van der Waals surface area contributed by atoms with Crippen LogP contribution in [-0.4, -0.2) is 25.7 Å². The van der Waals surface area contributed by atoms with Crippen LogP contribution in [0, 0.1) is 5.41 Å². The van der Waals surface area contributed by atoms with Gasteiger partial charge >= 0.3 is 0 Å². The number of nitrogens with one attached hydrogen (secondary N) is 1. The first-order valence-electron chi connectivity index (χ1n) is 7.02. The Morgan fingerprint density at radius 3 is 2.59 bits per heavy atom. The first-order chi connectivity index (χ1) is 9.98. The minimum atomic E-state index is -0.536. The number of ether oxygens (including phenoxy) is 1. The second-order valence-electron chi connectivity index (χ2n) is 5.46. The van der Waals surface area contributed by atoms with Crippen molar-refractivity contribution in [3.63, 3.8) is 0 Å². The predicted octanol–water partition coefficient (Wildman–Crippen LogP) is 3.35. The van der Waals surface area contributed by atoms with Crippen molar-refractivity contribution in [1.82, 2.24) is 5.32 Å². The standard InChI is InChI=1S/C15H20Cl2N2O2.ClH/c1-10(12-3-2-11(16)8-13(12)17)19-14(20)15(9-18)4-6-21-7-5-15;/h2-3,8,10H,4-7,9,18H2,1H3,(H,19,20);1H. The molecule has 7 heteroatoms. The topological polar surface area (TPSA) is 64.4 Å². The molecule has 1 aromatic carbocycles. The number of hydrogen-bond acceptors (Lipinski definition) is 3.